The van der Waals surface area contributed by atoms with Gasteiger partial charge in [0.05, 0.1) is 12.1 Å². The van der Waals surface area contributed by atoms with Gasteiger partial charge in [0.25, 0.3) is 0 Å². The summed E-state index contributed by atoms with van der Waals surface area (Å²) in [5.74, 6) is 0.307. The summed E-state index contributed by atoms with van der Waals surface area (Å²) >= 11 is 0. The lowest BCUT2D eigenvalue weighted by Gasteiger charge is -2.36. The Morgan fingerprint density at radius 2 is 2.00 bits per heavy atom. The summed E-state index contributed by atoms with van der Waals surface area (Å²) in [6.45, 7) is 2.02. The van der Waals surface area contributed by atoms with Crippen molar-refractivity contribution in [3.8, 4) is 5.75 Å². The van der Waals surface area contributed by atoms with Crippen molar-refractivity contribution < 1.29 is 10.2 Å². The van der Waals surface area contributed by atoms with E-state index in [9.17, 15) is 10.2 Å². The van der Waals surface area contributed by atoms with Crippen LogP contribution in [0.2, 0.25) is 0 Å². The van der Waals surface area contributed by atoms with Gasteiger partial charge in [0, 0.05) is 30.4 Å². The number of anilines is 1. The predicted octanol–water partition coefficient (Wildman–Crippen LogP) is 2.41. The molecule has 3 unspecified atom stereocenters. The molecule has 4 nitrogen and oxygen atoms in total. The van der Waals surface area contributed by atoms with Crippen molar-refractivity contribution in [1.82, 2.24) is 5.32 Å². The average Bonchev–Trinajstić information content (AvgIpc) is 2.46. The molecule has 1 fully saturated rings. The fourth-order valence-electron chi connectivity index (χ4n) is 3.01. The van der Waals surface area contributed by atoms with E-state index in [-0.39, 0.29) is 18.2 Å². The Balaban J connectivity index is 2.18. The number of nitrogens with zero attached hydrogens (tertiary/aromatic N) is 1. The fourth-order valence-corrected chi connectivity index (χ4v) is 3.01. The van der Waals surface area contributed by atoms with E-state index in [1.165, 1.54) is 0 Å². The van der Waals surface area contributed by atoms with Crippen molar-refractivity contribution in [3.05, 3.63) is 23.8 Å². The molecule has 0 aliphatic heterocycles. The number of phenols is 1. The van der Waals surface area contributed by atoms with Gasteiger partial charge in [0.15, 0.2) is 0 Å². The monoisotopic (exact) mass is 278 g/mol. The predicted molar refractivity (Wildman–Crippen MR) is 82.2 cm³/mol. The summed E-state index contributed by atoms with van der Waals surface area (Å²) in [6, 6.07) is 6.04. The first-order valence-electron chi connectivity index (χ1n) is 7.45. The van der Waals surface area contributed by atoms with Crippen molar-refractivity contribution in [3.63, 3.8) is 0 Å². The molecule has 20 heavy (non-hydrogen) atoms. The summed E-state index contributed by atoms with van der Waals surface area (Å²) in [6.07, 6.45) is 3.87. The number of aliphatic hydroxyl groups is 1. The number of hydrogen-bond acceptors (Lipinski definition) is 4. The third-order valence-corrected chi connectivity index (χ3v) is 4.51. The average molecular weight is 278 g/mol. The molecular formula is C16H26N2O2. The van der Waals surface area contributed by atoms with Crippen LogP contribution in [0.4, 0.5) is 5.69 Å². The van der Waals surface area contributed by atoms with Crippen LogP contribution in [0.15, 0.2) is 18.2 Å². The highest BCUT2D eigenvalue weighted by Gasteiger charge is 2.27. The lowest BCUT2D eigenvalue weighted by Crippen LogP contribution is -2.43. The quantitative estimate of drug-likeness (QED) is 0.791. The van der Waals surface area contributed by atoms with Gasteiger partial charge in [-0.05, 0) is 32.9 Å². The zero-order chi connectivity index (χ0) is 14.7. The van der Waals surface area contributed by atoms with Crippen LogP contribution in [-0.2, 0) is 0 Å². The highest BCUT2D eigenvalue weighted by molar-refractivity contribution is 5.54. The molecule has 3 atom stereocenters. The molecule has 0 heterocycles. The second kappa shape index (κ2) is 6.46. The molecule has 4 heteroatoms. The Hall–Kier alpha value is -1.26. The summed E-state index contributed by atoms with van der Waals surface area (Å²) in [5, 5.41) is 23.4. The van der Waals surface area contributed by atoms with Gasteiger partial charge in [0.2, 0.25) is 0 Å². The Bertz CT molecular complexity index is 450. The van der Waals surface area contributed by atoms with Crippen molar-refractivity contribution in [2.75, 3.05) is 19.0 Å². The summed E-state index contributed by atoms with van der Waals surface area (Å²) in [5.41, 5.74) is 1.86. The van der Waals surface area contributed by atoms with Crippen LogP contribution in [0.3, 0.4) is 0 Å². The highest BCUT2D eigenvalue weighted by atomic mass is 16.3. The van der Waals surface area contributed by atoms with Gasteiger partial charge < -0.3 is 20.4 Å². The second-order valence-electron chi connectivity index (χ2n) is 5.78. The van der Waals surface area contributed by atoms with Crippen LogP contribution in [0.5, 0.6) is 5.75 Å². The molecule has 2 rings (SSSR count). The number of benzene rings is 1. The van der Waals surface area contributed by atoms with Crippen LogP contribution in [0.25, 0.3) is 0 Å². The van der Waals surface area contributed by atoms with E-state index in [4.69, 9.17) is 0 Å². The van der Waals surface area contributed by atoms with Gasteiger partial charge in [-0.15, -0.1) is 0 Å². The maximum Gasteiger partial charge on any atom is 0.122 e. The third-order valence-electron chi connectivity index (χ3n) is 4.51. The third kappa shape index (κ3) is 3.07. The molecule has 112 valence electrons. The van der Waals surface area contributed by atoms with E-state index in [0.29, 0.717) is 5.75 Å². The van der Waals surface area contributed by atoms with E-state index in [1.54, 1.807) is 6.07 Å². The summed E-state index contributed by atoms with van der Waals surface area (Å²) in [4.78, 5) is 2.09. The Labute approximate surface area is 121 Å². The zero-order valence-corrected chi connectivity index (χ0v) is 12.6. The normalized spacial score (nSPS) is 24.4. The smallest absolute Gasteiger partial charge is 0.122 e. The molecule has 1 aliphatic rings. The molecule has 1 saturated carbocycles. The molecule has 3 N–H and O–H groups in total. The zero-order valence-electron chi connectivity index (χ0n) is 12.6. The molecular weight excluding hydrogens is 252 g/mol. The maximum atomic E-state index is 10.2. The van der Waals surface area contributed by atoms with Gasteiger partial charge >= 0.3 is 0 Å². The minimum atomic E-state index is -0.271. The Morgan fingerprint density at radius 1 is 1.30 bits per heavy atom. The molecule has 1 aromatic rings. The lowest BCUT2D eigenvalue weighted by molar-refractivity contribution is 0.106. The molecule has 0 amide bonds. The van der Waals surface area contributed by atoms with Gasteiger partial charge in [-0.1, -0.05) is 18.9 Å². The first kappa shape index (κ1) is 15.1. The van der Waals surface area contributed by atoms with Crippen LogP contribution < -0.4 is 10.2 Å². The molecule has 0 radical (unpaired) electrons. The Morgan fingerprint density at radius 3 is 2.60 bits per heavy atom. The number of aliphatic hydroxyl groups excluding tert-OH is 1. The van der Waals surface area contributed by atoms with Crippen molar-refractivity contribution in [1.29, 1.82) is 0 Å². The maximum absolute atomic E-state index is 10.2. The van der Waals surface area contributed by atoms with Crippen LogP contribution in [0, 0.1) is 0 Å². The number of phenolic OH excluding ortho intramolecular Hbond substituents is 1. The first-order chi connectivity index (χ1) is 9.54. The lowest BCUT2D eigenvalue weighted by atomic mass is 9.91. The molecule has 0 bridgehead atoms. The van der Waals surface area contributed by atoms with Gasteiger partial charge in [-0.2, -0.15) is 0 Å². The van der Waals surface area contributed by atoms with E-state index >= 15 is 0 Å². The number of likely N-dealkylation sites (N-methyl/N-ethyl adjacent to an activating group) is 1. The van der Waals surface area contributed by atoms with E-state index < -0.39 is 0 Å². The van der Waals surface area contributed by atoms with Crippen molar-refractivity contribution in [2.24, 2.45) is 0 Å². The van der Waals surface area contributed by atoms with Crippen molar-refractivity contribution >= 4 is 5.69 Å². The van der Waals surface area contributed by atoms with E-state index in [1.807, 2.05) is 33.2 Å². The molecule has 1 aliphatic carbocycles. The Kier molecular flexibility index (Phi) is 4.89. The minimum absolute atomic E-state index is 0.120. The second-order valence-corrected chi connectivity index (χ2v) is 5.78. The molecule has 0 spiro atoms. The molecule has 0 saturated heterocycles. The van der Waals surface area contributed by atoms with Crippen LogP contribution >= 0.6 is 0 Å². The largest absolute Gasteiger partial charge is 0.508 e. The fraction of sp³-hybridized carbons (Fsp3) is 0.625. The standard InChI is InChI=1S/C16H26N2O2/c1-11(17-2)13-9-8-12(10-16(13)20)18(3)14-6-4-5-7-15(14)19/h8-11,14-15,17,19-20H,4-7H2,1-3H3. The van der Waals surface area contributed by atoms with E-state index in [0.717, 1.165) is 36.9 Å². The van der Waals surface area contributed by atoms with Crippen LogP contribution in [0.1, 0.15) is 44.2 Å². The number of aromatic hydroxyl groups is 1. The topological polar surface area (TPSA) is 55.7 Å². The van der Waals surface area contributed by atoms with Gasteiger partial charge in [-0.25, -0.2) is 0 Å². The van der Waals surface area contributed by atoms with E-state index in [2.05, 4.69) is 10.2 Å². The van der Waals surface area contributed by atoms with Crippen LogP contribution in [-0.4, -0.2) is 36.5 Å². The minimum Gasteiger partial charge on any atom is -0.508 e. The number of nitrogens with one attached hydrogen (secondary N) is 1. The molecule has 1 aromatic carbocycles. The SMILES string of the molecule is CNC(C)c1ccc(N(C)C2CCCCC2O)cc1O. The number of hydrogen-bond donors (Lipinski definition) is 3. The van der Waals surface area contributed by atoms with Gasteiger partial charge in [0.1, 0.15) is 5.75 Å². The molecule has 0 aromatic heterocycles. The highest BCUT2D eigenvalue weighted by Crippen LogP contribution is 2.32. The first-order valence-corrected chi connectivity index (χ1v) is 7.45. The van der Waals surface area contributed by atoms with Gasteiger partial charge in [-0.3, -0.25) is 0 Å². The van der Waals surface area contributed by atoms with Crippen molar-refractivity contribution in [2.45, 2.75) is 50.8 Å². The number of rotatable bonds is 4. The summed E-state index contributed by atoms with van der Waals surface area (Å²) in [7, 11) is 3.87. The summed E-state index contributed by atoms with van der Waals surface area (Å²) < 4.78 is 0.